The second-order valence-electron chi connectivity index (χ2n) is 4.25. The van der Waals surface area contributed by atoms with Gasteiger partial charge in [0.2, 0.25) is 5.91 Å². The van der Waals surface area contributed by atoms with Crippen LogP contribution < -0.4 is 10.6 Å². The number of amides is 1. The van der Waals surface area contributed by atoms with Gasteiger partial charge >= 0.3 is 0 Å². The Morgan fingerprint density at radius 1 is 1.71 bits per heavy atom. The van der Waals surface area contributed by atoms with Gasteiger partial charge in [-0.05, 0) is 39.7 Å². The summed E-state index contributed by atoms with van der Waals surface area (Å²) in [6, 6.07) is 0.0479. The molecule has 1 aliphatic rings. The highest BCUT2D eigenvalue weighted by molar-refractivity contribution is 5.86. The predicted molar refractivity (Wildman–Crippen MR) is 54.9 cm³/mol. The molecule has 1 rings (SSSR count). The minimum absolute atomic E-state index is 0.0479. The van der Waals surface area contributed by atoms with E-state index in [0.29, 0.717) is 6.42 Å². The van der Waals surface area contributed by atoms with Crippen molar-refractivity contribution in [3.05, 3.63) is 0 Å². The van der Waals surface area contributed by atoms with Crippen LogP contribution in [0.15, 0.2) is 0 Å². The van der Waals surface area contributed by atoms with E-state index in [9.17, 15) is 4.79 Å². The molecule has 1 aliphatic heterocycles. The molecule has 4 nitrogen and oxygen atoms in total. The summed E-state index contributed by atoms with van der Waals surface area (Å²) >= 11 is 0. The lowest BCUT2D eigenvalue weighted by Crippen LogP contribution is -2.53. The van der Waals surface area contributed by atoms with Crippen molar-refractivity contribution in [1.82, 2.24) is 10.6 Å². The highest BCUT2D eigenvalue weighted by Crippen LogP contribution is 2.18. The molecule has 3 N–H and O–H groups in total. The number of nitrogens with one attached hydrogen (secondary N) is 2. The number of aliphatic hydroxyl groups excluding tert-OH is 1. The first-order valence-corrected chi connectivity index (χ1v) is 5.25. The Morgan fingerprint density at radius 3 is 2.93 bits per heavy atom. The molecule has 0 aromatic rings. The molecule has 0 aliphatic carbocycles. The topological polar surface area (TPSA) is 61.4 Å². The number of carbonyl (C=O) groups is 1. The molecule has 0 aromatic heterocycles. The van der Waals surface area contributed by atoms with Crippen molar-refractivity contribution in [2.24, 2.45) is 0 Å². The smallest absolute Gasteiger partial charge is 0.240 e. The van der Waals surface area contributed by atoms with E-state index in [1.54, 1.807) is 0 Å². The van der Waals surface area contributed by atoms with Crippen molar-refractivity contribution < 1.29 is 9.90 Å². The van der Waals surface area contributed by atoms with Crippen LogP contribution >= 0.6 is 0 Å². The van der Waals surface area contributed by atoms with E-state index >= 15 is 0 Å². The lowest BCUT2D eigenvalue weighted by atomic mass is 9.99. The Hall–Kier alpha value is -0.610. The number of aliphatic hydroxyl groups is 1. The fraction of sp³-hybridized carbons (Fsp3) is 0.900. The van der Waals surface area contributed by atoms with Gasteiger partial charge in [0.05, 0.1) is 5.54 Å². The standard InChI is InChI=1S/C10H20N2O2/c1-8(4-7-13)12-9(14)10(2)5-3-6-11-10/h8,11,13H,3-7H2,1-2H3,(H,12,14). The monoisotopic (exact) mass is 200 g/mol. The van der Waals surface area contributed by atoms with Crippen LogP contribution in [0.2, 0.25) is 0 Å². The summed E-state index contributed by atoms with van der Waals surface area (Å²) in [5, 5.41) is 14.8. The molecule has 14 heavy (non-hydrogen) atoms. The van der Waals surface area contributed by atoms with Crippen LogP contribution in [0.1, 0.15) is 33.1 Å². The van der Waals surface area contributed by atoms with Crippen molar-refractivity contribution in [2.75, 3.05) is 13.2 Å². The Kier molecular flexibility index (Phi) is 3.89. The van der Waals surface area contributed by atoms with Crippen molar-refractivity contribution >= 4 is 5.91 Å². The molecule has 1 fully saturated rings. The predicted octanol–water partition coefficient (Wildman–Crippen LogP) is 0.0156. The zero-order valence-corrected chi connectivity index (χ0v) is 8.97. The molecule has 0 radical (unpaired) electrons. The summed E-state index contributed by atoms with van der Waals surface area (Å²) < 4.78 is 0. The third-order valence-corrected chi connectivity index (χ3v) is 2.81. The second-order valence-corrected chi connectivity index (χ2v) is 4.25. The van der Waals surface area contributed by atoms with Gasteiger partial charge in [-0.15, -0.1) is 0 Å². The molecule has 2 unspecified atom stereocenters. The van der Waals surface area contributed by atoms with Crippen molar-refractivity contribution in [3.63, 3.8) is 0 Å². The van der Waals surface area contributed by atoms with Crippen LogP contribution in [-0.4, -0.2) is 35.7 Å². The SMILES string of the molecule is CC(CCO)NC(=O)C1(C)CCCN1. The number of hydrogen-bond donors (Lipinski definition) is 3. The maximum atomic E-state index is 11.8. The van der Waals surface area contributed by atoms with Gasteiger partial charge in [0, 0.05) is 12.6 Å². The molecular formula is C10H20N2O2. The first kappa shape index (κ1) is 11.5. The van der Waals surface area contributed by atoms with Gasteiger partial charge in [-0.25, -0.2) is 0 Å². The number of rotatable bonds is 4. The lowest BCUT2D eigenvalue weighted by Gasteiger charge is -2.25. The Labute approximate surface area is 85.1 Å². The largest absolute Gasteiger partial charge is 0.396 e. The van der Waals surface area contributed by atoms with Gasteiger partial charge in [-0.3, -0.25) is 4.79 Å². The summed E-state index contributed by atoms with van der Waals surface area (Å²) in [6.45, 7) is 4.87. The van der Waals surface area contributed by atoms with Gasteiger partial charge in [-0.2, -0.15) is 0 Å². The van der Waals surface area contributed by atoms with Crippen LogP contribution in [0.3, 0.4) is 0 Å². The van der Waals surface area contributed by atoms with Gasteiger partial charge < -0.3 is 15.7 Å². The third-order valence-electron chi connectivity index (χ3n) is 2.81. The number of carbonyl (C=O) groups excluding carboxylic acids is 1. The summed E-state index contributed by atoms with van der Waals surface area (Å²) in [7, 11) is 0. The molecule has 1 amide bonds. The fourth-order valence-corrected chi connectivity index (χ4v) is 1.74. The molecule has 0 saturated carbocycles. The van der Waals surface area contributed by atoms with Gasteiger partial charge in [-0.1, -0.05) is 0 Å². The van der Waals surface area contributed by atoms with E-state index < -0.39 is 5.54 Å². The molecule has 0 aromatic carbocycles. The molecule has 4 heteroatoms. The van der Waals surface area contributed by atoms with E-state index in [1.165, 1.54) is 0 Å². The zero-order chi connectivity index (χ0) is 10.6. The maximum absolute atomic E-state index is 11.8. The molecule has 1 heterocycles. The van der Waals surface area contributed by atoms with E-state index in [1.807, 2.05) is 13.8 Å². The van der Waals surface area contributed by atoms with Gasteiger partial charge in [0.15, 0.2) is 0 Å². The van der Waals surface area contributed by atoms with Crippen LogP contribution in [0, 0.1) is 0 Å². The lowest BCUT2D eigenvalue weighted by molar-refractivity contribution is -0.127. The average Bonchev–Trinajstić information content (AvgIpc) is 2.54. The van der Waals surface area contributed by atoms with E-state index in [-0.39, 0.29) is 18.6 Å². The molecule has 2 atom stereocenters. The van der Waals surface area contributed by atoms with Gasteiger partial charge in [0.25, 0.3) is 0 Å². The molecular weight excluding hydrogens is 180 g/mol. The molecule has 1 saturated heterocycles. The van der Waals surface area contributed by atoms with Crippen LogP contribution in [0.4, 0.5) is 0 Å². The molecule has 0 spiro atoms. The Balaban J connectivity index is 2.40. The Morgan fingerprint density at radius 2 is 2.43 bits per heavy atom. The summed E-state index contributed by atoms with van der Waals surface area (Å²) in [5.74, 6) is 0.0518. The minimum Gasteiger partial charge on any atom is -0.396 e. The molecule has 82 valence electrons. The van der Waals surface area contributed by atoms with Crippen LogP contribution in [0.25, 0.3) is 0 Å². The van der Waals surface area contributed by atoms with Crippen molar-refractivity contribution in [2.45, 2.75) is 44.7 Å². The van der Waals surface area contributed by atoms with Gasteiger partial charge in [0.1, 0.15) is 0 Å². The minimum atomic E-state index is -0.399. The highest BCUT2D eigenvalue weighted by atomic mass is 16.3. The first-order valence-electron chi connectivity index (χ1n) is 5.25. The zero-order valence-electron chi connectivity index (χ0n) is 8.97. The van der Waals surface area contributed by atoms with E-state index in [0.717, 1.165) is 19.4 Å². The summed E-state index contributed by atoms with van der Waals surface area (Å²) in [6.07, 6.45) is 2.56. The van der Waals surface area contributed by atoms with Crippen molar-refractivity contribution in [3.8, 4) is 0 Å². The fourth-order valence-electron chi connectivity index (χ4n) is 1.74. The van der Waals surface area contributed by atoms with Crippen LogP contribution in [0.5, 0.6) is 0 Å². The quantitative estimate of drug-likeness (QED) is 0.599. The number of hydrogen-bond acceptors (Lipinski definition) is 3. The molecule has 0 bridgehead atoms. The van der Waals surface area contributed by atoms with Crippen LogP contribution in [-0.2, 0) is 4.79 Å². The summed E-state index contributed by atoms with van der Waals surface area (Å²) in [5.41, 5.74) is -0.399. The van der Waals surface area contributed by atoms with E-state index in [4.69, 9.17) is 5.11 Å². The Bertz CT molecular complexity index is 200. The van der Waals surface area contributed by atoms with E-state index in [2.05, 4.69) is 10.6 Å². The van der Waals surface area contributed by atoms with Crippen molar-refractivity contribution in [1.29, 1.82) is 0 Å². The average molecular weight is 200 g/mol. The maximum Gasteiger partial charge on any atom is 0.240 e. The normalized spacial score (nSPS) is 28.8. The first-order chi connectivity index (χ1) is 6.58. The second kappa shape index (κ2) is 4.75. The summed E-state index contributed by atoms with van der Waals surface area (Å²) in [4.78, 5) is 11.8. The highest BCUT2D eigenvalue weighted by Gasteiger charge is 2.36. The third kappa shape index (κ3) is 2.69.